The second-order valence-corrected chi connectivity index (χ2v) is 6.69. The Morgan fingerprint density at radius 2 is 1.95 bits per heavy atom. The molecule has 2 aliphatic heterocycles. The van der Waals surface area contributed by atoms with Gasteiger partial charge in [0.05, 0.1) is 24.8 Å². The maximum absolute atomic E-state index is 12.0. The van der Waals surface area contributed by atoms with Gasteiger partial charge in [-0.1, -0.05) is 19.3 Å². The molecule has 1 amide bonds. The van der Waals surface area contributed by atoms with Crippen LogP contribution in [0.4, 0.5) is 0 Å². The molecule has 3 unspecified atom stereocenters. The quantitative estimate of drug-likeness (QED) is 0.533. The van der Waals surface area contributed by atoms with Crippen molar-refractivity contribution >= 4 is 11.9 Å². The molecule has 6 nitrogen and oxygen atoms in total. The molecule has 22 heavy (non-hydrogen) atoms. The Hall–Kier alpha value is -1.30. The number of carbonyl (C=O) groups excluding carboxylic acids is 1. The Balaban J connectivity index is 1.38. The van der Waals surface area contributed by atoms with Gasteiger partial charge < -0.3 is 20.7 Å². The fraction of sp³-hybridized carbons (Fsp3) is 0.875. The van der Waals surface area contributed by atoms with E-state index in [2.05, 4.69) is 20.9 Å². The Bertz CT molecular complexity index is 420. The van der Waals surface area contributed by atoms with E-state index in [0.717, 1.165) is 25.7 Å². The summed E-state index contributed by atoms with van der Waals surface area (Å²) in [6, 6.07) is 0.684. The average molecular weight is 308 g/mol. The van der Waals surface area contributed by atoms with E-state index in [-0.39, 0.29) is 12.5 Å². The Kier molecular flexibility index (Phi) is 5.18. The minimum Gasteiger partial charge on any atom is -0.373 e. The minimum absolute atomic E-state index is 0.0547. The lowest BCUT2D eigenvalue weighted by Gasteiger charge is -2.24. The third-order valence-corrected chi connectivity index (χ3v) is 5.04. The summed E-state index contributed by atoms with van der Waals surface area (Å²) >= 11 is 0. The van der Waals surface area contributed by atoms with Crippen molar-refractivity contribution in [2.45, 2.75) is 75.7 Å². The van der Waals surface area contributed by atoms with Crippen molar-refractivity contribution in [3.63, 3.8) is 0 Å². The molecule has 2 saturated heterocycles. The summed E-state index contributed by atoms with van der Waals surface area (Å²) in [5.41, 5.74) is 0. The summed E-state index contributed by atoms with van der Waals surface area (Å²) in [6.07, 6.45) is 10.0. The molecule has 3 atom stereocenters. The Labute approximate surface area is 132 Å². The molecule has 3 aliphatic rings. The molecule has 1 aliphatic carbocycles. The number of nitrogens with one attached hydrogen (secondary N) is 3. The van der Waals surface area contributed by atoms with Crippen molar-refractivity contribution in [3.8, 4) is 0 Å². The molecule has 3 rings (SSSR count). The lowest BCUT2D eigenvalue weighted by molar-refractivity contribution is -0.120. The van der Waals surface area contributed by atoms with Crippen LogP contribution < -0.4 is 16.0 Å². The van der Waals surface area contributed by atoms with Crippen molar-refractivity contribution in [1.29, 1.82) is 0 Å². The largest absolute Gasteiger partial charge is 0.373 e. The Morgan fingerprint density at radius 1 is 1.14 bits per heavy atom. The number of hydrogen-bond acceptors (Lipinski definition) is 3. The third kappa shape index (κ3) is 3.91. The molecule has 3 N–H and O–H groups in total. The molecule has 0 aromatic carbocycles. The fourth-order valence-electron chi connectivity index (χ4n) is 3.85. The second kappa shape index (κ2) is 7.31. The molecule has 0 aromatic rings. The van der Waals surface area contributed by atoms with Crippen LogP contribution in [0.1, 0.15) is 51.4 Å². The van der Waals surface area contributed by atoms with Crippen LogP contribution in [0.15, 0.2) is 4.99 Å². The summed E-state index contributed by atoms with van der Waals surface area (Å²) in [7, 11) is 1.74. The molecule has 3 fully saturated rings. The highest BCUT2D eigenvalue weighted by atomic mass is 16.5. The topological polar surface area (TPSA) is 74.8 Å². The molecule has 0 spiro atoms. The molecule has 6 heteroatoms. The highest BCUT2D eigenvalue weighted by Gasteiger charge is 2.41. The third-order valence-electron chi connectivity index (χ3n) is 5.04. The second-order valence-electron chi connectivity index (χ2n) is 6.69. The highest BCUT2D eigenvalue weighted by molar-refractivity contribution is 5.86. The summed E-state index contributed by atoms with van der Waals surface area (Å²) in [5, 5.41) is 9.62. The van der Waals surface area contributed by atoms with E-state index in [0.29, 0.717) is 30.3 Å². The number of nitrogens with zero attached hydrogens (tertiary/aromatic N) is 1. The zero-order valence-electron chi connectivity index (χ0n) is 13.4. The van der Waals surface area contributed by atoms with Crippen LogP contribution in [0, 0.1) is 0 Å². The van der Waals surface area contributed by atoms with E-state index in [1.54, 1.807) is 7.05 Å². The monoisotopic (exact) mass is 308 g/mol. The number of amides is 1. The van der Waals surface area contributed by atoms with E-state index in [9.17, 15) is 4.79 Å². The molecule has 0 aromatic heterocycles. The maximum atomic E-state index is 12.0. The van der Waals surface area contributed by atoms with Crippen molar-refractivity contribution in [3.05, 3.63) is 0 Å². The maximum Gasteiger partial charge on any atom is 0.239 e. The van der Waals surface area contributed by atoms with E-state index in [1.807, 2.05) is 0 Å². The van der Waals surface area contributed by atoms with Gasteiger partial charge in [0.25, 0.3) is 0 Å². The number of guanidine groups is 1. The predicted octanol–water partition coefficient (Wildman–Crippen LogP) is 0.920. The molecule has 124 valence electrons. The number of ether oxygens (including phenoxy) is 1. The van der Waals surface area contributed by atoms with Gasteiger partial charge in [0.2, 0.25) is 5.91 Å². The van der Waals surface area contributed by atoms with Crippen LogP contribution in [0.3, 0.4) is 0 Å². The molecule has 2 heterocycles. The predicted molar refractivity (Wildman–Crippen MR) is 85.8 cm³/mol. The van der Waals surface area contributed by atoms with Gasteiger partial charge in [-0.05, 0) is 32.1 Å². The summed E-state index contributed by atoms with van der Waals surface area (Å²) in [5.74, 6) is 0.749. The van der Waals surface area contributed by atoms with Crippen molar-refractivity contribution < 1.29 is 9.53 Å². The zero-order valence-corrected chi connectivity index (χ0v) is 13.4. The number of aliphatic imine (C=N–C) groups is 1. The van der Waals surface area contributed by atoms with Crippen LogP contribution in [0.5, 0.6) is 0 Å². The van der Waals surface area contributed by atoms with E-state index in [1.165, 1.54) is 25.7 Å². The molecular formula is C16H28N4O2. The number of carbonyl (C=O) groups is 1. The minimum atomic E-state index is 0.0547. The smallest absolute Gasteiger partial charge is 0.239 e. The van der Waals surface area contributed by atoms with Gasteiger partial charge in [0.1, 0.15) is 0 Å². The lowest BCUT2D eigenvalue weighted by Crippen LogP contribution is -2.50. The van der Waals surface area contributed by atoms with Gasteiger partial charge in [-0.25, -0.2) is 0 Å². The number of rotatable bonds is 4. The molecule has 2 bridgehead atoms. The standard InChI is InChI=1S/C16H28N4O2/c1-17-16(20-13-9-12-7-8-14(13)22-12)18-10-15(21)19-11-5-3-2-4-6-11/h11-14H,2-10H2,1H3,(H,19,21)(H2,17,18,20). The van der Waals surface area contributed by atoms with Crippen LogP contribution in [-0.2, 0) is 9.53 Å². The van der Waals surface area contributed by atoms with Crippen molar-refractivity contribution in [2.24, 2.45) is 4.99 Å². The Morgan fingerprint density at radius 3 is 2.59 bits per heavy atom. The average Bonchev–Trinajstić information content (AvgIpc) is 3.15. The van der Waals surface area contributed by atoms with Crippen LogP contribution in [0.25, 0.3) is 0 Å². The van der Waals surface area contributed by atoms with Gasteiger partial charge in [0.15, 0.2) is 5.96 Å². The van der Waals surface area contributed by atoms with Gasteiger partial charge in [-0.2, -0.15) is 0 Å². The normalized spacial score (nSPS) is 32.0. The first-order valence-electron chi connectivity index (χ1n) is 8.66. The van der Waals surface area contributed by atoms with Crippen LogP contribution in [0.2, 0.25) is 0 Å². The molecular weight excluding hydrogens is 280 g/mol. The van der Waals surface area contributed by atoms with E-state index in [4.69, 9.17) is 4.74 Å². The van der Waals surface area contributed by atoms with E-state index < -0.39 is 0 Å². The number of fused-ring (bicyclic) bond motifs is 2. The number of hydrogen-bond donors (Lipinski definition) is 3. The molecule has 1 saturated carbocycles. The first-order chi connectivity index (χ1) is 10.7. The fourth-order valence-corrected chi connectivity index (χ4v) is 3.85. The van der Waals surface area contributed by atoms with Gasteiger partial charge >= 0.3 is 0 Å². The van der Waals surface area contributed by atoms with E-state index >= 15 is 0 Å². The molecule has 0 radical (unpaired) electrons. The van der Waals surface area contributed by atoms with Crippen molar-refractivity contribution in [1.82, 2.24) is 16.0 Å². The van der Waals surface area contributed by atoms with Crippen molar-refractivity contribution in [2.75, 3.05) is 13.6 Å². The highest BCUT2D eigenvalue weighted by Crippen LogP contribution is 2.34. The SMILES string of the molecule is CN=C(NCC(=O)NC1CCCCC1)NC1CC2CCC1O2. The zero-order chi connectivity index (χ0) is 15.4. The van der Waals surface area contributed by atoms with Crippen LogP contribution >= 0.6 is 0 Å². The summed E-state index contributed by atoms with van der Waals surface area (Å²) in [4.78, 5) is 16.2. The summed E-state index contributed by atoms with van der Waals surface area (Å²) in [6.45, 7) is 0.276. The van der Waals surface area contributed by atoms with Gasteiger partial charge in [-0.3, -0.25) is 9.79 Å². The van der Waals surface area contributed by atoms with Crippen LogP contribution in [-0.4, -0.2) is 49.8 Å². The first kappa shape index (κ1) is 15.6. The summed E-state index contributed by atoms with van der Waals surface area (Å²) < 4.78 is 5.83. The lowest BCUT2D eigenvalue weighted by atomic mass is 9.95. The van der Waals surface area contributed by atoms with Gasteiger partial charge in [-0.15, -0.1) is 0 Å². The van der Waals surface area contributed by atoms with Gasteiger partial charge in [0, 0.05) is 13.1 Å². The first-order valence-corrected chi connectivity index (χ1v) is 8.66.